The lowest BCUT2D eigenvalue weighted by Crippen LogP contribution is -2.40. The summed E-state index contributed by atoms with van der Waals surface area (Å²) in [7, 11) is 1.58. The molecule has 244 valence electrons. The first-order chi connectivity index (χ1) is 23.2. The zero-order valence-corrected chi connectivity index (χ0v) is 28.7. The number of nitrogens with one attached hydrogen (secondary N) is 1. The van der Waals surface area contributed by atoms with Crippen LogP contribution in [-0.4, -0.2) is 24.2 Å². The Bertz CT molecular complexity index is 2210. The maximum Gasteiger partial charge on any atom is 0.271 e. The molecule has 1 aliphatic heterocycles. The summed E-state index contributed by atoms with van der Waals surface area (Å²) in [5.74, 6) is 1.32. The summed E-state index contributed by atoms with van der Waals surface area (Å²) in [5, 5.41) is 4.03. The second-order valence-corrected chi connectivity index (χ2v) is 12.7. The highest BCUT2D eigenvalue weighted by Crippen LogP contribution is 2.33. The van der Waals surface area contributed by atoms with Crippen LogP contribution in [0.5, 0.6) is 17.2 Å². The molecule has 0 saturated carbocycles. The van der Waals surface area contributed by atoms with Gasteiger partial charge >= 0.3 is 0 Å². The summed E-state index contributed by atoms with van der Waals surface area (Å²) >= 11 is 13.6. The van der Waals surface area contributed by atoms with Gasteiger partial charge in [0, 0.05) is 21.3 Å². The number of thiazole rings is 1. The van der Waals surface area contributed by atoms with Crippen molar-refractivity contribution in [3.8, 4) is 17.2 Å². The van der Waals surface area contributed by atoms with Crippen molar-refractivity contribution in [2.24, 2.45) is 4.99 Å². The number of nitrogens with zero attached hydrogens (tertiary/aromatic N) is 2. The second-order valence-electron chi connectivity index (χ2n) is 10.8. The molecule has 1 aromatic heterocycles. The van der Waals surface area contributed by atoms with Crippen molar-refractivity contribution in [3.05, 3.63) is 149 Å². The van der Waals surface area contributed by atoms with Crippen LogP contribution in [0.2, 0.25) is 10.0 Å². The maximum atomic E-state index is 14.2. The predicted molar refractivity (Wildman–Crippen MR) is 190 cm³/mol. The molecule has 0 aliphatic carbocycles. The smallest absolute Gasteiger partial charge is 0.271 e. The number of carbonyl (C=O) groups excluding carboxylic acids is 1. The second kappa shape index (κ2) is 14.5. The zero-order chi connectivity index (χ0) is 33.8. The highest BCUT2D eigenvalue weighted by atomic mass is 35.5. The van der Waals surface area contributed by atoms with Gasteiger partial charge in [-0.2, -0.15) is 0 Å². The number of fused-ring (bicyclic) bond motifs is 1. The molecule has 0 unspecified atom stereocenters. The van der Waals surface area contributed by atoms with Gasteiger partial charge in [0.25, 0.3) is 11.5 Å². The largest absolute Gasteiger partial charge is 0.497 e. The Labute approximate surface area is 291 Å². The van der Waals surface area contributed by atoms with E-state index < -0.39 is 6.04 Å². The molecule has 48 heavy (non-hydrogen) atoms. The molecule has 0 saturated heterocycles. The van der Waals surface area contributed by atoms with Gasteiger partial charge in [0.15, 0.2) is 16.3 Å². The number of halogens is 2. The Morgan fingerprint density at radius 1 is 0.979 bits per heavy atom. The molecule has 1 N–H and O–H groups in total. The van der Waals surface area contributed by atoms with Gasteiger partial charge < -0.3 is 19.5 Å². The Morgan fingerprint density at radius 2 is 1.79 bits per heavy atom. The van der Waals surface area contributed by atoms with Crippen LogP contribution in [0.1, 0.15) is 36.6 Å². The standard InChI is InChI=1S/C37H31Cl2N3O5S/c1-4-46-31-17-23(13-16-30(31)47-21-25-14-15-26(38)20-29(25)39)18-32-36(44)42-34(24-9-8-12-28(19-24)45-3)33(22(2)40-37(42)48-32)35(43)41-27-10-6-5-7-11-27/h5-20,34H,4,21H2,1-3H3,(H,41,43)/b32-18-/t34-/m1/s1. The fraction of sp³-hybridized carbons (Fsp3) is 0.162. The third-order valence-corrected chi connectivity index (χ3v) is 9.24. The Balaban J connectivity index is 1.39. The highest BCUT2D eigenvalue weighted by Gasteiger charge is 2.32. The number of para-hydroxylation sites is 1. The number of aromatic nitrogens is 1. The fourth-order valence-corrected chi connectivity index (χ4v) is 6.92. The van der Waals surface area contributed by atoms with E-state index in [1.807, 2.05) is 79.7 Å². The van der Waals surface area contributed by atoms with Crippen LogP contribution in [0.3, 0.4) is 0 Å². The van der Waals surface area contributed by atoms with Gasteiger partial charge in [-0.3, -0.25) is 14.2 Å². The lowest BCUT2D eigenvalue weighted by atomic mass is 9.95. The van der Waals surface area contributed by atoms with E-state index in [9.17, 15) is 9.59 Å². The topological polar surface area (TPSA) is 91.2 Å². The predicted octanol–water partition coefficient (Wildman–Crippen LogP) is 7.17. The van der Waals surface area contributed by atoms with Crippen molar-refractivity contribution in [2.45, 2.75) is 26.5 Å². The van der Waals surface area contributed by atoms with E-state index in [4.69, 9.17) is 42.4 Å². The molecule has 8 nitrogen and oxygen atoms in total. The number of allylic oxidation sites excluding steroid dienone is 1. The van der Waals surface area contributed by atoms with Gasteiger partial charge in [-0.1, -0.05) is 77.0 Å². The Kier molecular flexibility index (Phi) is 10.0. The van der Waals surface area contributed by atoms with Gasteiger partial charge in [-0.25, -0.2) is 4.99 Å². The van der Waals surface area contributed by atoms with Crippen LogP contribution < -0.4 is 34.4 Å². The van der Waals surface area contributed by atoms with Crippen molar-refractivity contribution in [3.63, 3.8) is 0 Å². The molecule has 4 aromatic carbocycles. The number of hydrogen-bond acceptors (Lipinski definition) is 7. The van der Waals surface area contributed by atoms with E-state index in [0.717, 1.165) is 16.7 Å². The molecule has 1 atom stereocenters. The molecule has 2 heterocycles. The molecule has 1 aliphatic rings. The third-order valence-electron chi connectivity index (χ3n) is 7.67. The molecular weight excluding hydrogens is 669 g/mol. The van der Waals surface area contributed by atoms with E-state index in [1.54, 1.807) is 42.9 Å². The van der Waals surface area contributed by atoms with E-state index >= 15 is 0 Å². The number of carbonyl (C=O) groups is 1. The van der Waals surface area contributed by atoms with Crippen LogP contribution >= 0.6 is 34.5 Å². The number of rotatable bonds is 10. The first-order valence-electron chi connectivity index (χ1n) is 15.1. The third kappa shape index (κ3) is 7.04. The molecule has 11 heteroatoms. The van der Waals surface area contributed by atoms with E-state index in [1.165, 1.54) is 11.3 Å². The monoisotopic (exact) mass is 699 g/mol. The average Bonchev–Trinajstić information content (AvgIpc) is 3.38. The molecule has 1 amide bonds. The molecule has 0 fully saturated rings. The maximum absolute atomic E-state index is 14.2. The van der Waals surface area contributed by atoms with Crippen LogP contribution in [0.4, 0.5) is 5.69 Å². The van der Waals surface area contributed by atoms with E-state index in [2.05, 4.69) is 5.32 Å². The number of ether oxygens (including phenoxy) is 3. The fourth-order valence-electron chi connectivity index (χ4n) is 5.41. The number of methoxy groups -OCH3 is 1. The summed E-state index contributed by atoms with van der Waals surface area (Å²) in [6.07, 6.45) is 1.79. The van der Waals surface area contributed by atoms with Crippen molar-refractivity contribution >= 4 is 52.2 Å². The minimum absolute atomic E-state index is 0.220. The minimum Gasteiger partial charge on any atom is -0.497 e. The van der Waals surface area contributed by atoms with Crippen LogP contribution in [0.25, 0.3) is 6.08 Å². The zero-order valence-electron chi connectivity index (χ0n) is 26.3. The van der Waals surface area contributed by atoms with Crippen molar-refractivity contribution in [2.75, 3.05) is 19.0 Å². The molecule has 6 rings (SSSR count). The van der Waals surface area contributed by atoms with Crippen LogP contribution in [0.15, 0.2) is 112 Å². The lowest BCUT2D eigenvalue weighted by molar-refractivity contribution is -0.113. The van der Waals surface area contributed by atoms with Gasteiger partial charge in [-0.15, -0.1) is 0 Å². The number of benzene rings is 4. The minimum atomic E-state index is -0.739. The first kappa shape index (κ1) is 33.1. The van der Waals surface area contributed by atoms with Gasteiger partial charge in [0.05, 0.1) is 35.6 Å². The summed E-state index contributed by atoms with van der Waals surface area (Å²) in [5.41, 5.74) is 3.48. The SMILES string of the molecule is CCOc1cc(/C=c2\sc3n(c2=O)[C@H](c2cccc(OC)c2)C(C(=O)Nc2ccccc2)=C(C)N=3)ccc1OCc1ccc(Cl)cc1Cl. The van der Waals surface area contributed by atoms with Crippen molar-refractivity contribution < 1.29 is 19.0 Å². The molecular formula is C37H31Cl2N3O5S. The van der Waals surface area contributed by atoms with Gasteiger partial charge in [0.2, 0.25) is 0 Å². The molecule has 0 radical (unpaired) electrons. The Hall–Kier alpha value is -4.83. The normalized spacial score (nSPS) is 14.3. The number of hydrogen-bond donors (Lipinski definition) is 1. The molecule has 0 spiro atoms. The van der Waals surface area contributed by atoms with Gasteiger partial charge in [-0.05, 0) is 79.6 Å². The van der Waals surface area contributed by atoms with E-state index in [0.29, 0.717) is 60.2 Å². The number of anilines is 1. The van der Waals surface area contributed by atoms with Crippen LogP contribution in [-0.2, 0) is 11.4 Å². The number of amides is 1. The molecule has 5 aromatic rings. The summed E-state index contributed by atoms with van der Waals surface area (Å²) in [6, 6.07) is 26.5. The quantitative estimate of drug-likeness (QED) is 0.167. The van der Waals surface area contributed by atoms with Gasteiger partial charge in [0.1, 0.15) is 12.4 Å². The Morgan fingerprint density at radius 3 is 2.54 bits per heavy atom. The van der Waals surface area contributed by atoms with Crippen LogP contribution in [0, 0.1) is 0 Å². The summed E-state index contributed by atoms with van der Waals surface area (Å²) < 4.78 is 19.5. The average molecular weight is 701 g/mol. The van der Waals surface area contributed by atoms with Crippen molar-refractivity contribution in [1.82, 2.24) is 4.57 Å². The highest BCUT2D eigenvalue weighted by molar-refractivity contribution is 7.07. The van der Waals surface area contributed by atoms with E-state index in [-0.39, 0.29) is 18.1 Å². The summed E-state index contributed by atoms with van der Waals surface area (Å²) in [6.45, 7) is 4.31. The summed E-state index contributed by atoms with van der Waals surface area (Å²) in [4.78, 5) is 33.3. The van der Waals surface area contributed by atoms with Crippen molar-refractivity contribution in [1.29, 1.82) is 0 Å². The lowest BCUT2D eigenvalue weighted by Gasteiger charge is -2.25. The first-order valence-corrected chi connectivity index (χ1v) is 16.7. The molecule has 0 bridgehead atoms.